The molecule has 8 nitrogen and oxygen atoms in total. The highest BCUT2D eigenvalue weighted by atomic mass is 19.5. The second kappa shape index (κ2) is 17.3. The third kappa shape index (κ3) is 11.4. The number of rotatable bonds is 19. The summed E-state index contributed by atoms with van der Waals surface area (Å²) in [4.78, 5) is 11.6. The van der Waals surface area contributed by atoms with Gasteiger partial charge in [-0.15, -0.1) is 6.42 Å². The van der Waals surface area contributed by atoms with Crippen molar-refractivity contribution in [3.63, 3.8) is 0 Å². The molecule has 0 aromatic heterocycles. The lowest BCUT2D eigenvalue weighted by atomic mass is 10.1. The molecule has 0 amide bonds. The van der Waals surface area contributed by atoms with Crippen LogP contribution in [-0.4, -0.2) is 126 Å². The lowest BCUT2D eigenvalue weighted by Crippen LogP contribution is -2.73. The molecule has 6 unspecified atom stereocenters. The van der Waals surface area contributed by atoms with E-state index in [0.29, 0.717) is 6.92 Å². The molecule has 0 saturated heterocycles. The zero-order chi connectivity index (χ0) is 54.9. The van der Waals surface area contributed by atoms with Crippen molar-refractivity contribution in [3.8, 4) is 12.3 Å². The van der Waals surface area contributed by atoms with E-state index in [1.807, 2.05) is 0 Å². The SMILES string of the molecule is C#CC(C)(O)CCOC(=O)C(F)(OC(F)(F)C(F)(OC(F)(F)C(F)(OC(F)(F)C(F)(OC(F)(F)C(F)(OC(F)(F)C(F)(F)C(F)(F)F)C(F)(F)F)C(F)(F)F)C(F)(F)F)C(F)(F)F)C(F)(F)F. The van der Waals surface area contributed by atoms with Crippen molar-refractivity contribution in [2.24, 2.45) is 0 Å². The summed E-state index contributed by atoms with van der Waals surface area (Å²) in [6.45, 7) is -1.62. The number of alkyl halides is 35. The molecular formula is C24H9F35O8. The highest BCUT2D eigenvalue weighted by Crippen LogP contribution is 2.62. The first-order chi connectivity index (χ1) is 28.5. The van der Waals surface area contributed by atoms with Crippen LogP contribution in [0.15, 0.2) is 0 Å². The number of halogens is 35. The molecule has 0 aromatic rings. The summed E-state index contributed by atoms with van der Waals surface area (Å²) in [6.07, 6.45) is -95.4. The highest BCUT2D eigenvalue weighted by molar-refractivity contribution is 5.79. The summed E-state index contributed by atoms with van der Waals surface area (Å²) in [5.41, 5.74) is -2.70. The topological polar surface area (TPSA) is 92.7 Å². The Morgan fingerprint density at radius 1 is 0.403 bits per heavy atom. The fourth-order valence-corrected chi connectivity index (χ4v) is 3.23. The summed E-state index contributed by atoms with van der Waals surface area (Å²) < 4.78 is 485. The van der Waals surface area contributed by atoms with Gasteiger partial charge in [0, 0.05) is 6.42 Å². The van der Waals surface area contributed by atoms with E-state index in [2.05, 4.69) is 11.2 Å². The maximum atomic E-state index is 14.8. The second-order valence-corrected chi connectivity index (χ2v) is 11.9. The minimum atomic E-state index is -9.65. The molecule has 0 rings (SSSR count). The van der Waals surface area contributed by atoms with E-state index in [1.165, 1.54) is 10.7 Å². The molecule has 43 heteroatoms. The van der Waals surface area contributed by atoms with Crippen molar-refractivity contribution >= 4 is 5.97 Å². The van der Waals surface area contributed by atoms with E-state index < -0.39 is 127 Å². The van der Waals surface area contributed by atoms with Gasteiger partial charge in [0.05, 0.1) is 6.61 Å². The third-order valence-corrected chi connectivity index (χ3v) is 6.78. The molecule has 0 spiro atoms. The molecule has 0 aliphatic rings. The van der Waals surface area contributed by atoms with Gasteiger partial charge in [0.2, 0.25) is 0 Å². The molecule has 0 bridgehead atoms. The molecule has 398 valence electrons. The molecule has 0 heterocycles. The Balaban J connectivity index is 7.99. The van der Waals surface area contributed by atoms with Crippen LogP contribution in [0.2, 0.25) is 0 Å². The number of hydrogen-bond donors (Lipinski definition) is 1. The normalized spacial score (nSPS) is 20.6. The van der Waals surface area contributed by atoms with Gasteiger partial charge in [-0.25, -0.2) is 4.79 Å². The van der Waals surface area contributed by atoms with Crippen molar-refractivity contribution < 1.29 is 192 Å². The van der Waals surface area contributed by atoms with Crippen LogP contribution >= 0.6 is 0 Å². The lowest BCUT2D eigenvalue weighted by Gasteiger charge is -2.44. The fraction of sp³-hybridized carbons (Fsp3) is 0.875. The Labute approximate surface area is 340 Å². The van der Waals surface area contributed by atoms with E-state index >= 15 is 0 Å². The van der Waals surface area contributed by atoms with Crippen LogP contribution in [0.3, 0.4) is 0 Å². The summed E-state index contributed by atoms with van der Waals surface area (Å²) in [7, 11) is 0. The number of aliphatic hydroxyl groups is 1. The Bertz CT molecular complexity index is 1790. The Hall–Kier alpha value is -3.66. The number of hydrogen-bond acceptors (Lipinski definition) is 8. The summed E-state index contributed by atoms with van der Waals surface area (Å²) in [5, 5.41) is 9.38. The van der Waals surface area contributed by atoms with E-state index in [-0.39, 0.29) is 0 Å². The van der Waals surface area contributed by atoms with Gasteiger partial charge in [0.15, 0.2) is 0 Å². The first-order valence-electron chi connectivity index (χ1n) is 14.5. The molecule has 0 saturated carbocycles. The average Bonchev–Trinajstić information content (AvgIpc) is 3.03. The van der Waals surface area contributed by atoms with Gasteiger partial charge in [0.1, 0.15) is 5.60 Å². The first-order valence-corrected chi connectivity index (χ1v) is 14.5. The molecular weight excluding hydrogens is 1080 g/mol. The summed E-state index contributed by atoms with van der Waals surface area (Å²) in [5.74, 6) is -56.9. The predicted molar refractivity (Wildman–Crippen MR) is 126 cm³/mol. The standard InChI is InChI=1S/C24H9F35O8/c1-3-7(2,61)4-5-62-6(60)8(25,14(32,33)34)63-21(52,53)10(28,16(38,39)40)65-23(56,57)12(30,18(44,45)46)67-24(58,59)13(31,19(47,48)49)66-22(54,55)11(29,17(41,42)43)64-20(50,51)9(26,27)15(35,36)37/h1,61H,4-5H2,2H3. The number of terminal acetylenes is 1. The maximum Gasteiger partial charge on any atom is 0.462 e. The molecule has 0 radical (unpaired) electrons. The second-order valence-electron chi connectivity index (χ2n) is 11.9. The Morgan fingerprint density at radius 3 is 0.851 bits per heavy atom. The third-order valence-electron chi connectivity index (χ3n) is 6.78. The van der Waals surface area contributed by atoms with Crippen LogP contribution < -0.4 is 0 Å². The summed E-state index contributed by atoms with van der Waals surface area (Å²) >= 11 is 0. The van der Waals surface area contributed by atoms with Crippen molar-refractivity contribution in [1.29, 1.82) is 0 Å². The highest BCUT2D eigenvalue weighted by Gasteiger charge is 2.91. The van der Waals surface area contributed by atoms with Gasteiger partial charge in [-0.2, -0.15) is 154 Å². The molecule has 0 fully saturated rings. The van der Waals surface area contributed by atoms with E-state index in [1.54, 1.807) is 0 Å². The summed E-state index contributed by atoms with van der Waals surface area (Å²) in [6, 6.07) is 0. The average molecular weight is 1090 g/mol. The maximum absolute atomic E-state index is 14.8. The van der Waals surface area contributed by atoms with Crippen molar-refractivity contribution in [1.82, 2.24) is 0 Å². The Kier molecular flexibility index (Phi) is 16.4. The van der Waals surface area contributed by atoms with Crippen LogP contribution in [0.5, 0.6) is 0 Å². The minimum Gasteiger partial charge on any atom is -0.461 e. The van der Waals surface area contributed by atoms with Gasteiger partial charge >= 0.3 is 109 Å². The predicted octanol–water partition coefficient (Wildman–Crippen LogP) is 10.7. The minimum absolute atomic E-state index is 0.444. The Morgan fingerprint density at radius 2 is 0.642 bits per heavy atom. The van der Waals surface area contributed by atoms with E-state index in [9.17, 15) is 164 Å². The smallest absolute Gasteiger partial charge is 0.461 e. The van der Waals surface area contributed by atoms with Gasteiger partial charge < -0.3 is 9.84 Å². The van der Waals surface area contributed by atoms with Gasteiger partial charge in [-0.05, 0) is 6.92 Å². The largest absolute Gasteiger partial charge is 0.462 e. The van der Waals surface area contributed by atoms with Crippen LogP contribution in [0, 0.1) is 12.3 Å². The molecule has 0 aliphatic heterocycles. The van der Waals surface area contributed by atoms with E-state index in [4.69, 9.17) is 0 Å². The van der Waals surface area contributed by atoms with E-state index in [0.717, 1.165) is 18.9 Å². The van der Waals surface area contributed by atoms with Crippen molar-refractivity contribution in [2.75, 3.05) is 6.61 Å². The molecule has 1 N–H and O–H groups in total. The van der Waals surface area contributed by atoms with Gasteiger partial charge in [0.25, 0.3) is 0 Å². The van der Waals surface area contributed by atoms with Gasteiger partial charge in [-0.1, -0.05) is 5.92 Å². The molecule has 67 heavy (non-hydrogen) atoms. The van der Waals surface area contributed by atoms with Crippen molar-refractivity contribution in [2.45, 2.75) is 122 Å². The first kappa shape index (κ1) is 63.3. The zero-order valence-electron chi connectivity index (χ0n) is 29.5. The van der Waals surface area contributed by atoms with Crippen LogP contribution in [0.4, 0.5) is 154 Å². The number of esters is 1. The molecule has 0 aliphatic carbocycles. The van der Waals surface area contributed by atoms with Crippen LogP contribution in [-0.2, 0) is 33.2 Å². The monoisotopic (exact) mass is 1090 g/mol. The quantitative estimate of drug-likeness (QED) is 0.0777. The number of carbonyl (C=O) groups excluding carboxylic acids is 1. The van der Waals surface area contributed by atoms with Crippen molar-refractivity contribution in [3.05, 3.63) is 0 Å². The van der Waals surface area contributed by atoms with Crippen LogP contribution in [0.25, 0.3) is 0 Å². The fourth-order valence-electron chi connectivity index (χ4n) is 3.23. The van der Waals surface area contributed by atoms with Gasteiger partial charge in [-0.3, -0.25) is 23.7 Å². The number of carbonyl (C=O) groups is 1. The molecule has 0 aromatic carbocycles. The van der Waals surface area contributed by atoms with Crippen LogP contribution in [0.1, 0.15) is 13.3 Å². The zero-order valence-corrected chi connectivity index (χ0v) is 29.5. The number of ether oxygens (including phenoxy) is 6. The molecule has 6 atom stereocenters. The lowest BCUT2D eigenvalue weighted by molar-refractivity contribution is -0.600.